The maximum absolute atomic E-state index is 5.16. The first-order chi connectivity index (χ1) is 4.85. The van der Waals surface area contributed by atoms with Crippen LogP contribution in [0, 0.1) is 0 Å². The van der Waals surface area contributed by atoms with Crippen LogP contribution >= 0.6 is 0 Å². The second-order valence-corrected chi connectivity index (χ2v) is 1.81. The van der Waals surface area contributed by atoms with Crippen LogP contribution in [0.2, 0.25) is 0 Å². The van der Waals surface area contributed by atoms with Crippen molar-refractivity contribution in [3.63, 3.8) is 0 Å². The summed E-state index contributed by atoms with van der Waals surface area (Å²) in [5.74, 6) is 0. The van der Waals surface area contributed by atoms with E-state index < -0.39 is 0 Å². The van der Waals surface area contributed by atoms with Gasteiger partial charge in [0.15, 0.2) is 0 Å². The highest BCUT2D eigenvalue weighted by Crippen LogP contribution is 2.02. The lowest BCUT2D eigenvalue weighted by Crippen LogP contribution is -1.78. The van der Waals surface area contributed by atoms with Crippen LogP contribution in [0.5, 0.6) is 0 Å². The summed E-state index contributed by atoms with van der Waals surface area (Å²) in [6.07, 6.45) is 9.67. The molecule has 2 N–H and O–H groups in total. The van der Waals surface area contributed by atoms with E-state index in [2.05, 4.69) is 13.2 Å². The SMILES string of the molecule is C=C/C=C(\C=C)CC=CN. The fraction of sp³-hybridized carbons (Fsp3) is 0.111. The van der Waals surface area contributed by atoms with Gasteiger partial charge in [0.25, 0.3) is 0 Å². The van der Waals surface area contributed by atoms with Crippen molar-refractivity contribution in [2.75, 3.05) is 0 Å². The van der Waals surface area contributed by atoms with Crippen molar-refractivity contribution >= 4 is 0 Å². The van der Waals surface area contributed by atoms with E-state index in [0.717, 1.165) is 12.0 Å². The molecule has 0 unspecified atom stereocenters. The van der Waals surface area contributed by atoms with Crippen LogP contribution < -0.4 is 5.73 Å². The summed E-state index contributed by atoms with van der Waals surface area (Å²) in [7, 11) is 0. The van der Waals surface area contributed by atoms with Gasteiger partial charge in [-0.3, -0.25) is 0 Å². The Balaban J connectivity index is 3.94. The van der Waals surface area contributed by atoms with Crippen molar-refractivity contribution in [1.29, 1.82) is 0 Å². The number of hydrogen-bond acceptors (Lipinski definition) is 1. The third-order valence-corrected chi connectivity index (χ3v) is 1.08. The fourth-order valence-corrected chi connectivity index (χ4v) is 0.575. The highest BCUT2D eigenvalue weighted by molar-refractivity contribution is 5.23. The van der Waals surface area contributed by atoms with E-state index in [1.165, 1.54) is 6.20 Å². The summed E-state index contributed by atoms with van der Waals surface area (Å²) >= 11 is 0. The highest BCUT2D eigenvalue weighted by atomic mass is 14.5. The fourth-order valence-electron chi connectivity index (χ4n) is 0.575. The van der Waals surface area contributed by atoms with Crippen molar-refractivity contribution < 1.29 is 0 Å². The summed E-state index contributed by atoms with van der Waals surface area (Å²) in [6, 6.07) is 0. The molecule has 0 aromatic rings. The lowest BCUT2D eigenvalue weighted by atomic mass is 10.2. The normalized spacial score (nSPS) is 11.8. The minimum Gasteiger partial charge on any atom is -0.405 e. The summed E-state index contributed by atoms with van der Waals surface area (Å²) < 4.78 is 0. The molecule has 0 rings (SSSR count). The molecule has 54 valence electrons. The van der Waals surface area contributed by atoms with E-state index in [9.17, 15) is 0 Å². The molecule has 0 aliphatic heterocycles. The number of hydrogen-bond donors (Lipinski definition) is 1. The quantitative estimate of drug-likeness (QED) is 0.587. The topological polar surface area (TPSA) is 26.0 Å². The average molecular weight is 135 g/mol. The molecule has 0 heterocycles. The maximum atomic E-state index is 5.16. The van der Waals surface area contributed by atoms with Crippen molar-refractivity contribution in [2.45, 2.75) is 6.42 Å². The van der Waals surface area contributed by atoms with Gasteiger partial charge in [0.1, 0.15) is 0 Å². The van der Waals surface area contributed by atoms with Crippen LogP contribution in [-0.2, 0) is 0 Å². The van der Waals surface area contributed by atoms with Gasteiger partial charge in [0, 0.05) is 0 Å². The van der Waals surface area contributed by atoms with E-state index >= 15 is 0 Å². The molecular formula is C9H13N. The Kier molecular flexibility index (Phi) is 5.16. The summed E-state index contributed by atoms with van der Waals surface area (Å²) in [5, 5.41) is 0. The standard InChI is InChI=1S/C9H13N/c1-3-6-9(4-2)7-5-8-10/h3-6,8H,1-2,7,10H2/b8-5?,9-6+. The predicted molar refractivity (Wildman–Crippen MR) is 46.4 cm³/mol. The smallest absolute Gasteiger partial charge is 0.00805 e. The summed E-state index contributed by atoms with van der Waals surface area (Å²) in [4.78, 5) is 0. The van der Waals surface area contributed by atoms with Gasteiger partial charge in [-0.25, -0.2) is 0 Å². The van der Waals surface area contributed by atoms with Crippen molar-refractivity contribution in [2.24, 2.45) is 5.73 Å². The van der Waals surface area contributed by atoms with Gasteiger partial charge in [-0.15, -0.1) is 0 Å². The van der Waals surface area contributed by atoms with Gasteiger partial charge in [-0.2, -0.15) is 0 Å². The van der Waals surface area contributed by atoms with Crippen LogP contribution in [0.15, 0.2) is 49.2 Å². The predicted octanol–water partition coefficient (Wildman–Crippen LogP) is 2.15. The highest BCUT2D eigenvalue weighted by Gasteiger charge is 1.82. The molecule has 0 atom stereocenters. The Morgan fingerprint density at radius 3 is 2.50 bits per heavy atom. The summed E-state index contributed by atoms with van der Waals surface area (Å²) in [5.41, 5.74) is 6.28. The van der Waals surface area contributed by atoms with E-state index in [1.807, 2.05) is 12.2 Å². The van der Waals surface area contributed by atoms with Gasteiger partial charge in [-0.1, -0.05) is 37.5 Å². The Morgan fingerprint density at radius 1 is 1.40 bits per heavy atom. The molecule has 0 amide bonds. The van der Waals surface area contributed by atoms with Gasteiger partial charge in [0.05, 0.1) is 0 Å². The molecule has 0 aromatic heterocycles. The largest absolute Gasteiger partial charge is 0.405 e. The zero-order valence-electron chi connectivity index (χ0n) is 6.09. The average Bonchev–Trinajstić information content (AvgIpc) is 1.98. The molecule has 1 nitrogen and oxygen atoms in total. The Bertz CT molecular complexity index is 164. The minimum atomic E-state index is 0.825. The van der Waals surface area contributed by atoms with Gasteiger partial charge in [0.2, 0.25) is 0 Å². The maximum Gasteiger partial charge on any atom is -0.00805 e. The van der Waals surface area contributed by atoms with Crippen molar-refractivity contribution in [1.82, 2.24) is 0 Å². The molecule has 0 aliphatic rings. The third kappa shape index (κ3) is 3.72. The Labute approximate surface area is 62.2 Å². The molecule has 0 aromatic carbocycles. The van der Waals surface area contributed by atoms with E-state index in [-0.39, 0.29) is 0 Å². The number of allylic oxidation sites excluding steroid dienone is 5. The number of rotatable bonds is 4. The molecule has 0 aliphatic carbocycles. The first-order valence-electron chi connectivity index (χ1n) is 3.16. The van der Waals surface area contributed by atoms with E-state index in [4.69, 9.17) is 5.73 Å². The molecule has 0 spiro atoms. The molecule has 0 bridgehead atoms. The van der Waals surface area contributed by atoms with Gasteiger partial charge in [-0.05, 0) is 18.2 Å². The molecule has 0 fully saturated rings. The van der Waals surface area contributed by atoms with Gasteiger partial charge < -0.3 is 5.73 Å². The molecule has 1 heteroatoms. The monoisotopic (exact) mass is 135 g/mol. The van der Waals surface area contributed by atoms with Crippen LogP contribution in [0.3, 0.4) is 0 Å². The molecule has 0 saturated heterocycles. The second kappa shape index (κ2) is 5.89. The molecule has 0 radical (unpaired) electrons. The van der Waals surface area contributed by atoms with E-state index in [1.54, 1.807) is 12.2 Å². The van der Waals surface area contributed by atoms with Crippen LogP contribution in [0.25, 0.3) is 0 Å². The van der Waals surface area contributed by atoms with Crippen molar-refractivity contribution in [3.8, 4) is 0 Å². The molecule has 10 heavy (non-hydrogen) atoms. The Morgan fingerprint density at radius 2 is 2.10 bits per heavy atom. The van der Waals surface area contributed by atoms with E-state index in [0.29, 0.717) is 0 Å². The van der Waals surface area contributed by atoms with Crippen LogP contribution in [-0.4, -0.2) is 0 Å². The third-order valence-electron chi connectivity index (χ3n) is 1.08. The zero-order chi connectivity index (χ0) is 7.82. The minimum absolute atomic E-state index is 0.825. The second-order valence-electron chi connectivity index (χ2n) is 1.81. The zero-order valence-corrected chi connectivity index (χ0v) is 6.09. The lowest BCUT2D eigenvalue weighted by Gasteiger charge is -1.91. The van der Waals surface area contributed by atoms with Crippen LogP contribution in [0.4, 0.5) is 0 Å². The van der Waals surface area contributed by atoms with Gasteiger partial charge >= 0.3 is 0 Å². The summed E-state index contributed by atoms with van der Waals surface area (Å²) in [6.45, 7) is 7.22. The lowest BCUT2D eigenvalue weighted by molar-refractivity contribution is 1.27. The first-order valence-corrected chi connectivity index (χ1v) is 3.16. The van der Waals surface area contributed by atoms with Crippen LogP contribution in [0.1, 0.15) is 6.42 Å². The van der Waals surface area contributed by atoms with Crippen molar-refractivity contribution in [3.05, 3.63) is 49.2 Å². The number of nitrogens with two attached hydrogens (primary N) is 1. The molecule has 0 saturated carbocycles. The Hall–Kier alpha value is -1.24. The molecular weight excluding hydrogens is 122 g/mol. The first kappa shape index (κ1) is 8.76.